The molecule has 1 aliphatic carbocycles. The van der Waals surface area contributed by atoms with E-state index in [0.29, 0.717) is 25.7 Å². The molecule has 4 aromatic heterocycles. The zero-order valence-corrected chi connectivity index (χ0v) is 19.3. The molecule has 1 fully saturated rings. The summed E-state index contributed by atoms with van der Waals surface area (Å²) in [6.07, 6.45) is 1.86. The van der Waals surface area contributed by atoms with E-state index in [0.717, 1.165) is 33.4 Å². The number of nitrogens with zero attached hydrogens (tertiary/aromatic N) is 2. The van der Waals surface area contributed by atoms with Gasteiger partial charge >= 0.3 is 22.5 Å². The first-order chi connectivity index (χ1) is 18.2. The highest BCUT2D eigenvalue weighted by molar-refractivity contribution is 5.98. The molecule has 6 aromatic rings. The van der Waals surface area contributed by atoms with Crippen LogP contribution >= 0.6 is 0 Å². The van der Waals surface area contributed by atoms with E-state index in [1.165, 1.54) is 0 Å². The normalized spacial score (nSPS) is 18.4. The maximum Gasteiger partial charge on any atom is 0.346 e. The Bertz CT molecular complexity index is 2110. The van der Waals surface area contributed by atoms with Crippen molar-refractivity contribution in [1.82, 2.24) is 9.13 Å². The van der Waals surface area contributed by atoms with Gasteiger partial charge in [0.15, 0.2) is 0 Å². The highest BCUT2D eigenvalue weighted by Crippen LogP contribution is 2.36. The van der Waals surface area contributed by atoms with Crippen LogP contribution in [0.5, 0.6) is 0 Å². The summed E-state index contributed by atoms with van der Waals surface area (Å²) >= 11 is 0. The minimum atomic E-state index is -0.915. The molecule has 0 amide bonds. The van der Waals surface area contributed by atoms with Crippen molar-refractivity contribution in [2.75, 3.05) is 0 Å². The smallest absolute Gasteiger partial charge is 0.346 e. The Labute approximate surface area is 206 Å². The van der Waals surface area contributed by atoms with Gasteiger partial charge in [0.25, 0.3) is 22.2 Å². The summed E-state index contributed by atoms with van der Waals surface area (Å²) < 4.78 is 11.1. The Morgan fingerprint density at radius 3 is 0.974 bits per heavy atom. The predicted molar refractivity (Wildman–Crippen MR) is 135 cm³/mol. The van der Waals surface area contributed by atoms with Crippen LogP contribution in [0.15, 0.2) is 71.5 Å². The van der Waals surface area contributed by atoms with E-state index in [4.69, 9.17) is 0 Å². The number of aromatic nitrogens is 2. The highest BCUT2D eigenvalue weighted by atomic mass is 16.4. The fourth-order valence-corrected chi connectivity index (χ4v) is 5.97. The molecule has 0 bridgehead atoms. The summed E-state index contributed by atoms with van der Waals surface area (Å²) in [5, 5.41) is -0.726. The molecular formula is C26H14N2O10. The molecule has 0 unspecified atom stereocenters. The van der Waals surface area contributed by atoms with E-state index in [1.54, 1.807) is 0 Å². The first-order valence-corrected chi connectivity index (χ1v) is 11.8. The van der Waals surface area contributed by atoms with Crippen LogP contribution in [0.2, 0.25) is 0 Å². The largest absolute Gasteiger partial charge is 0.386 e. The number of hydrogen-bond acceptors (Lipinski definition) is 10. The Morgan fingerprint density at radius 1 is 0.447 bits per heavy atom. The summed E-state index contributed by atoms with van der Waals surface area (Å²) in [7, 11) is 0. The maximum absolute atomic E-state index is 13.4. The van der Waals surface area contributed by atoms with E-state index >= 15 is 0 Å². The van der Waals surface area contributed by atoms with E-state index < -0.39 is 56.8 Å². The summed E-state index contributed by atoms with van der Waals surface area (Å²) in [5.41, 5.74) is -6.49. The van der Waals surface area contributed by atoms with Crippen LogP contribution in [0.4, 0.5) is 0 Å². The third kappa shape index (κ3) is 2.68. The maximum atomic E-state index is 13.4. The first kappa shape index (κ1) is 22.2. The van der Waals surface area contributed by atoms with E-state index in [2.05, 4.69) is 8.83 Å². The van der Waals surface area contributed by atoms with Crippen LogP contribution in [0, 0.1) is 0 Å². The molecule has 7 rings (SSSR count). The molecule has 0 N–H and O–H groups in total. The van der Waals surface area contributed by atoms with Gasteiger partial charge in [0.1, 0.15) is 0 Å². The molecule has 12 heteroatoms. The van der Waals surface area contributed by atoms with Gasteiger partial charge in [-0.15, -0.1) is 0 Å². The van der Waals surface area contributed by atoms with Crippen molar-refractivity contribution >= 4 is 43.1 Å². The average molecular weight is 514 g/mol. The lowest BCUT2D eigenvalue weighted by Crippen LogP contribution is -2.42. The fourth-order valence-electron chi connectivity index (χ4n) is 5.97. The van der Waals surface area contributed by atoms with Gasteiger partial charge in [-0.1, -0.05) is 12.8 Å². The van der Waals surface area contributed by atoms with Gasteiger partial charge < -0.3 is 8.83 Å². The van der Waals surface area contributed by atoms with Gasteiger partial charge in [0.2, 0.25) is 0 Å². The van der Waals surface area contributed by atoms with Crippen LogP contribution in [0.3, 0.4) is 0 Å². The predicted octanol–water partition coefficient (Wildman–Crippen LogP) is 0.0776. The summed E-state index contributed by atoms with van der Waals surface area (Å²) in [4.78, 5) is 102. The van der Waals surface area contributed by atoms with E-state index in [9.17, 15) is 38.4 Å². The van der Waals surface area contributed by atoms with Gasteiger partial charge in [0, 0.05) is 0 Å². The van der Waals surface area contributed by atoms with E-state index in [1.807, 2.05) is 0 Å². The molecule has 1 aliphatic rings. The summed E-state index contributed by atoms with van der Waals surface area (Å²) in [6, 6.07) is 2.92. The SMILES string of the molecule is O=c1oc(=O)c2cc3c(=O)n([C@@H]4CCCC[C@H]4n4c(=O)c5cc6c(=O)oc(=O)c6cc5c4=O)c(=O)c3cc12. The quantitative estimate of drug-likeness (QED) is 0.308. The molecule has 4 heterocycles. The molecule has 0 aliphatic heterocycles. The molecular weight excluding hydrogens is 500 g/mol. The molecule has 0 spiro atoms. The molecule has 1 saturated carbocycles. The number of benzene rings is 2. The van der Waals surface area contributed by atoms with Crippen molar-refractivity contribution < 1.29 is 8.83 Å². The van der Waals surface area contributed by atoms with Gasteiger partial charge in [-0.3, -0.25) is 28.3 Å². The van der Waals surface area contributed by atoms with Gasteiger partial charge in [-0.2, -0.15) is 0 Å². The zero-order chi connectivity index (χ0) is 26.6. The van der Waals surface area contributed by atoms with Crippen LogP contribution in [-0.4, -0.2) is 9.13 Å². The summed E-state index contributed by atoms with van der Waals surface area (Å²) in [5.74, 6) is 0. The minimum Gasteiger partial charge on any atom is -0.386 e. The second-order valence-corrected chi connectivity index (χ2v) is 9.62. The lowest BCUT2D eigenvalue weighted by atomic mass is 9.90. The first-order valence-electron chi connectivity index (χ1n) is 11.8. The molecule has 38 heavy (non-hydrogen) atoms. The van der Waals surface area contributed by atoms with Crippen molar-refractivity contribution in [3.8, 4) is 0 Å². The van der Waals surface area contributed by atoms with Crippen LogP contribution in [0.1, 0.15) is 37.8 Å². The molecule has 188 valence electrons. The number of furan rings is 2. The van der Waals surface area contributed by atoms with Crippen LogP contribution < -0.4 is 44.7 Å². The van der Waals surface area contributed by atoms with Crippen molar-refractivity contribution in [2.24, 2.45) is 0 Å². The Morgan fingerprint density at radius 2 is 0.711 bits per heavy atom. The fraction of sp³-hybridized carbons (Fsp3) is 0.231. The van der Waals surface area contributed by atoms with Crippen molar-refractivity contribution in [3.63, 3.8) is 0 Å². The Kier molecular flexibility index (Phi) is 4.26. The second kappa shape index (κ2) is 7.28. The zero-order valence-electron chi connectivity index (χ0n) is 19.3. The van der Waals surface area contributed by atoms with Crippen LogP contribution in [-0.2, 0) is 0 Å². The third-order valence-electron chi connectivity index (χ3n) is 7.72. The monoisotopic (exact) mass is 514 g/mol. The topological polar surface area (TPSA) is 173 Å². The average Bonchev–Trinajstić information content (AvgIpc) is 3.52. The standard InChI is InChI=1S/C26H14N2O10/c29-19-9-5-13-14(24(34)37-23(13)33)6-10(9)20(30)27(19)17-3-1-2-4-18(17)28-21(31)11-7-15-16(8-12(11)22(28)32)26(36)38-25(15)35/h5-8,17-18H,1-4H2/t17-,18-/m1/s1. The summed E-state index contributed by atoms with van der Waals surface area (Å²) in [6.45, 7) is 0. The number of fused-ring (bicyclic) bond motifs is 4. The molecule has 2 atom stereocenters. The molecule has 12 nitrogen and oxygen atoms in total. The van der Waals surface area contributed by atoms with Gasteiger partial charge in [-0.05, 0) is 37.1 Å². The Hall–Kier alpha value is -5.00. The highest BCUT2D eigenvalue weighted by Gasteiger charge is 2.35. The molecule has 0 radical (unpaired) electrons. The van der Waals surface area contributed by atoms with Crippen molar-refractivity contribution in [2.45, 2.75) is 37.8 Å². The van der Waals surface area contributed by atoms with Gasteiger partial charge in [-0.25, -0.2) is 19.2 Å². The second-order valence-electron chi connectivity index (χ2n) is 9.62. The Balaban J connectivity index is 1.48. The lowest BCUT2D eigenvalue weighted by molar-refractivity contribution is 0.229. The number of hydrogen-bond donors (Lipinski definition) is 0. The van der Waals surface area contributed by atoms with Crippen LogP contribution in [0.25, 0.3) is 43.1 Å². The van der Waals surface area contributed by atoms with E-state index in [-0.39, 0.29) is 43.1 Å². The van der Waals surface area contributed by atoms with Crippen molar-refractivity contribution in [3.05, 3.63) is 107 Å². The lowest BCUT2D eigenvalue weighted by Gasteiger charge is -2.31. The molecule has 2 aromatic carbocycles. The van der Waals surface area contributed by atoms with Gasteiger partial charge in [0.05, 0.1) is 55.2 Å². The van der Waals surface area contributed by atoms with Crippen molar-refractivity contribution in [1.29, 1.82) is 0 Å². The number of rotatable bonds is 2. The minimum absolute atomic E-state index is 0.0689. The third-order valence-corrected chi connectivity index (χ3v) is 7.72. The molecule has 0 saturated heterocycles.